The van der Waals surface area contributed by atoms with E-state index in [2.05, 4.69) is 20.6 Å². The SMILES string of the molecule is Cc1cc(Cn2nc(C(=O)NCCc3nnc4ccccn34)c3ccccc32)ccc1Cl. The molecule has 160 valence electrons. The Morgan fingerprint density at radius 2 is 1.91 bits per heavy atom. The molecular formula is C24H21ClN6O. The van der Waals surface area contributed by atoms with Crippen LogP contribution in [-0.4, -0.2) is 36.8 Å². The Balaban J connectivity index is 1.35. The third-order valence-electron chi connectivity index (χ3n) is 5.45. The lowest BCUT2D eigenvalue weighted by Gasteiger charge is -2.06. The summed E-state index contributed by atoms with van der Waals surface area (Å²) in [7, 11) is 0. The van der Waals surface area contributed by atoms with E-state index in [0.29, 0.717) is 25.2 Å². The van der Waals surface area contributed by atoms with Gasteiger partial charge >= 0.3 is 0 Å². The molecule has 7 nitrogen and oxygen atoms in total. The lowest BCUT2D eigenvalue weighted by molar-refractivity contribution is 0.0949. The summed E-state index contributed by atoms with van der Waals surface area (Å²) in [5.74, 6) is 0.593. The van der Waals surface area contributed by atoms with Gasteiger partial charge in [-0.05, 0) is 42.3 Å². The molecule has 0 aliphatic heterocycles. The summed E-state index contributed by atoms with van der Waals surface area (Å²) in [4.78, 5) is 13.0. The number of halogens is 1. The lowest BCUT2D eigenvalue weighted by atomic mass is 10.1. The van der Waals surface area contributed by atoms with Crippen molar-refractivity contribution in [1.29, 1.82) is 0 Å². The summed E-state index contributed by atoms with van der Waals surface area (Å²) in [5, 5.41) is 17.5. The predicted molar refractivity (Wildman–Crippen MR) is 124 cm³/mol. The molecule has 0 saturated heterocycles. The van der Waals surface area contributed by atoms with E-state index in [0.717, 1.165) is 38.5 Å². The number of carbonyl (C=O) groups excluding carboxylic acids is 1. The van der Waals surface area contributed by atoms with Crippen LogP contribution in [0.3, 0.4) is 0 Å². The highest BCUT2D eigenvalue weighted by Crippen LogP contribution is 2.21. The van der Waals surface area contributed by atoms with Crippen LogP contribution in [-0.2, 0) is 13.0 Å². The van der Waals surface area contributed by atoms with Gasteiger partial charge in [-0.2, -0.15) is 5.10 Å². The molecule has 5 aromatic rings. The highest BCUT2D eigenvalue weighted by atomic mass is 35.5. The quantitative estimate of drug-likeness (QED) is 0.428. The van der Waals surface area contributed by atoms with E-state index in [1.54, 1.807) is 0 Å². The Labute approximate surface area is 189 Å². The van der Waals surface area contributed by atoms with Crippen LogP contribution in [0, 0.1) is 6.92 Å². The van der Waals surface area contributed by atoms with Gasteiger partial charge in [0.1, 0.15) is 5.82 Å². The highest BCUT2D eigenvalue weighted by Gasteiger charge is 2.17. The third kappa shape index (κ3) is 3.83. The topological polar surface area (TPSA) is 77.1 Å². The van der Waals surface area contributed by atoms with Crippen LogP contribution < -0.4 is 5.32 Å². The van der Waals surface area contributed by atoms with Crippen molar-refractivity contribution in [3.8, 4) is 0 Å². The van der Waals surface area contributed by atoms with E-state index in [1.807, 2.05) is 82.9 Å². The molecule has 0 fully saturated rings. The van der Waals surface area contributed by atoms with Crippen LogP contribution >= 0.6 is 11.6 Å². The maximum absolute atomic E-state index is 13.0. The minimum absolute atomic E-state index is 0.207. The van der Waals surface area contributed by atoms with E-state index >= 15 is 0 Å². The van der Waals surface area contributed by atoms with Crippen molar-refractivity contribution < 1.29 is 4.79 Å². The highest BCUT2D eigenvalue weighted by molar-refractivity contribution is 6.31. The number of para-hydroxylation sites is 1. The summed E-state index contributed by atoms with van der Waals surface area (Å²) in [6.07, 6.45) is 2.49. The first-order valence-electron chi connectivity index (χ1n) is 10.4. The minimum atomic E-state index is -0.207. The molecule has 0 unspecified atom stereocenters. The maximum atomic E-state index is 13.0. The van der Waals surface area contributed by atoms with E-state index < -0.39 is 0 Å². The Kier molecular flexibility index (Phi) is 5.33. The largest absolute Gasteiger partial charge is 0.350 e. The number of pyridine rings is 1. The zero-order valence-electron chi connectivity index (χ0n) is 17.5. The van der Waals surface area contributed by atoms with Crippen LogP contribution in [0.1, 0.15) is 27.4 Å². The average Bonchev–Trinajstić information content (AvgIpc) is 3.38. The molecule has 0 bridgehead atoms. The fraction of sp³-hybridized carbons (Fsp3) is 0.167. The number of benzene rings is 2. The lowest BCUT2D eigenvalue weighted by Crippen LogP contribution is -2.27. The van der Waals surface area contributed by atoms with Crippen LogP contribution in [0.25, 0.3) is 16.6 Å². The number of rotatable bonds is 6. The van der Waals surface area contributed by atoms with Gasteiger partial charge in [-0.1, -0.05) is 48.0 Å². The molecule has 32 heavy (non-hydrogen) atoms. The molecule has 3 aromatic heterocycles. The molecule has 0 spiro atoms. The minimum Gasteiger partial charge on any atom is -0.350 e. The Hall–Kier alpha value is -3.71. The van der Waals surface area contributed by atoms with Gasteiger partial charge in [-0.3, -0.25) is 13.9 Å². The molecule has 0 saturated carbocycles. The monoisotopic (exact) mass is 444 g/mol. The molecule has 2 aromatic carbocycles. The van der Waals surface area contributed by atoms with E-state index in [1.165, 1.54) is 0 Å². The molecule has 1 N–H and O–H groups in total. The first-order valence-corrected chi connectivity index (χ1v) is 10.8. The zero-order chi connectivity index (χ0) is 22.1. The fourth-order valence-electron chi connectivity index (χ4n) is 3.83. The van der Waals surface area contributed by atoms with Gasteiger partial charge in [0, 0.05) is 29.6 Å². The van der Waals surface area contributed by atoms with Crippen LogP contribution in [0.5, 0.6) is 0 Å². The Morgan fingerprint density at radius 1 is 1.06 bits per heavy atom. The van der Waals surface area contributed by atoms with Gasteiger partial charge in [0.25, 0.3) is 5.91 Å². The van der Waals surface area contributed by atoms with Crippen molar-refractivity contribution >= 4 is 34.1 Å². The average molecular weight is 445 g/mol. The van der Waals surface area contributed by atoms with Crippen molar-refractivity contribution in [3.63, 3.8) is 0 Å². The van der Waals surface area contributed by atoms with Crippen molar-refractivity contribution in [2.24, 2.45) is 0 Å². The summed E-state index contributed by atoms with van der Waals surface area (Å²) in [6.45, 7) is 2.97. The summed E-state index contributed by atoms with van der Waals surface area (Å²) in [6, 6.07) is 19.4. The number of aromatic nitrogens is 5. The summed E-state index contributed by atoms with van der Waals surface area (Å²) < 4.78 is 3.78. The van der Waals surface area contributed by atoms with Gasteiger partial charge in [-0.15, -0.1) is 10.2 Å². The van der Waals surface area contributed by atoms with E-state index in [4.69, 9.17) is 11.6 Å². The Bertz CT molecular complexity index is 1440. The van der Waals surface area contributed by atoms with Crippen molar-refractivity contribution in [2.45, 2.75) is 19.9 Å². The van der Waals surface area contributed by atoms with Gasteiger partial charge < -0.3 is 5.32 Å². The second kappa shape index (κ2) is 8.43. The van der Waals surface area contributed by atoms with Gasteiger partial charge in [0.05, 0.1) is 12.1 Å². The smallest absolute Gasteiger partial charge is 0.272 e. The number of nitrogens with zero attached hydrogens (tertiary/aromatic N) is 5. The first kappa shape index (κ1) is 20.2. The number of fused-ring (bicyclic) bond motifs is 2. The predicted octanol–water partition coefficient (Wildman–Crippen LogP) is 4.06. The number of nitrogens with one attached hydrogen (secondary N) is 1. The zero-order valence-corrected chi connectivity index (χ0v) is 18.3. The second-order valence-corrected chi connectivity index (χ2v) is 8.07. The number of aryl methyl sites for hydroxylation is 1. The van der Waals surface area contributed by atoms with Crippen LogP contribution in [0.4, 0.5) is 0 Å². The summed E-state index contributed by atoms with van der Waals surface area (Å²) in [5.41, 5.74) is 4.20. The first-order chi connectivity index (χ1) is 15.6. The number of amides is 1. The molecule has 8 heteroatoms. The number of carbonyl (C=O) groups is 1. The van der Waals surface area contributed by atoms with E-state index in [-0.39, 0.29) is 5.91 Å². The van der Waals surface area contributed by atoms with Gasteiger partial charge in [0.2, 0.25) is 0 Å². The van der Waals surface area contributed by atoms with Crippen molar-refractivity contribution in [3.05, 3.63) is 94.5 Å². The molecule has 0 atom stereocenters. The van der Waals surface area contributed by atoms with E-state index in [9.17, 15) is 4.79 Å². The third-order valence-corrected chi connectivity index (χ3v) is 5.87. The summed E-state index contributed by atoms with van der Waals surface area (Å²) >= 11 is 6.16. The molecule has 1 amide bonds. The standard InChI is InChI=1S/C24H21ClN6O/c1-16-14-17(9-10-19(16)25)15-31-20-7-3-2-6-18(20)23(29-31)24(32)26-12-11-22-28-27-21-8-4-5-13-30(21)22/h2-10,13-14H,11-12,15H2,1H3,(H,26,32). The van der Waals surface area contributed by atoms with Crippen molar-refractivity contribution in [2.75, 3.05) is 6.54 Å². The molecule has 0 aliphatic rings. The maximum Gasteiger partial charge on any atom is 0.272 e. The van der Waals surface area contributed by atoms with Gasteiger partial charge in [0.15, 0.2) is 11.3 Å². The molecular weight excluding hydrogens is 424 g/mol. The second-order valence-electron chi connectivity index (χ2n) is 7.66. The van der Waals surface area contributed by atoms with Crippen molar-refractivity contribution in [1.82, 2.24) is 29.7 Å². The number of hydrogen-bond donors (Lipinski definition) is 1. The fourth-order valence-corrected chi connectivity index (χ4v) is 3.94. The van der Waals surface area contributed by atoms with Crippen LogP contribution in [0.15, 0.2) is 66.9 Å². The van der Waals surface area contributed by atoms with Crippen LogP contribution in [0.2, 0.25) is 5.02 Å². The Morgan fingerprint density at radius 3 is 2.78 bits per heavy atom. The van der Waals surface area contributed by atoms with Gasteiger partial charge in [-0.25, -0.2) is 0 Å². The normalized spacial score (nSPS) is 11.3. The molecule has 3 heterocycles. The number of hydrogen-bond acceptors (Lipinski definition) is 4. The molecule has 0 aliphatic carbocycles. The molecule has 5 rings (SSSR count). The molecule has 0 radical (unpaired) electrons.